The van der Waals surface area contributed by atoms with E-state index in [-0.39, 0.29) is 4.75 Å². The van der Waals surface area contributed by atoms with Crippen LogP contribution in [0.1, 0.15) is 32.5 Å². The first kappa shape index (κ1) is 20.8. The Morgan fingerprint density at radius 1 is 1.27 bits per heavy atom. The minimum atomic E-state index is -0.0141. The highest BCUT2D eigenvalue weighted by atomic mass is 79.9. The van der Waals surface area contributed by atoms with Gasteiger partial charge in [0.2, 0.25) is 5.89 Å². The highest BCUT2D eigenvalue weighted by Crippen LogP contribution is 2.33. The summed E-state index contributed by atoms with van der Waals surface area (Å²) in [6.07, 6.45) is 0.669. The Kier molecular flexibility index (Phi) is 7.96. The van der Waals surface area contributed by atoms with Crippen molar-refractivity contribution in [2.24, 2.45) is 4.99 Å². The first-order chi connectivity index (χ1) is 12.4. The van der Waals surface area contributed by atoms with Crippen LogP contribution in [0.3, 0.4) is 0 Å². The summed E-state index contributed by atoms with van der Waals surface area (Å²) in [5.74, 6) is 2.09. The van der Waals surface area contributed by atoms with Gasteiger partial charge in [-0.1, -0.05) is 21.1 Å². The first-order valence-corrected chi connectivity index (χ1v) is 10.2. The lowest BCUT2D eigenvalue weighted by molar-refractivity contribution is 0.374. The van der Waals surface area contributed by atoms with E-state index in [2.05, 4.69) is 81.7 Å². The summed E-state index contributed by atoms with van der Waals surface area (Å²) >= 11 is 5.29. The molecular formula is C18H26BrN5OS. The fourth-order valence-corrected chi connectivity index (χ4v) is 3.50. The SMILES string of the molecule is CCNC(=NCC(C)(C)Sc1ccc(Br)cc1)NCCc1nc(C)no1. The Morgan fingerprint density at radius 3 is 2.62 bits per heavy atom. The molecule has 6 nitrogen and oxygen atoms in total. The van der Waals surface area contributed by atoms with Crippen molar-refractivity contribution in [2.75, 3.05) is 19.6 Å². The number of benzene rings is 1. The second kappa shape index (κ2) is 9.97. The molecule has 0 unspecified atom stereocenters. The first-order valence-electron chi connectivity index (χ1n) is 8.64. The molecule has 0 radical (unpaired) electrons. The molecule has 1 aromatic carbocycles. The molecule has 2 aromatic rings. The Bertz CT molecular complexity index is 715. The Hall–Kier alpha value is -1.54. The normalized spacial score (nSPS) is 12.3. The van der Waals surface area contributed by atoms with Gasteiger partial charge < -0.3 is 15.2 Å². The van der Waals surface area contributed by atoms with Crippen LogP contribution >= 0.6 is 27.7 Å². The third-order valence-electron chi connectivity index (χ3n) is 3.37. The average Bonchev–Trinajstić information content (AvgIpc) is 3.00. The number of hydrogen-bond acceptors (Lipinski definition) is 5. The lowest BCUT2D eigenvalue weighted by Gasteiger charge is -2.22. The molecule has 1 heterocycles. The lowest BCUT2D eigenvalue weighted by atomic mass is 10.2. The number of nitrogens with zero attached hydrogens (tertiary/aromatic N) is 3. The molecule has 142 valence electrons. The number of rotatable bonds is 8. The summed E-state index contributed by atoms with van der Waals surface area (Å²) in [4.78, 5) is 10.2. The lowest BCUT2D eigenvalue weighted by Crippen LogP contribution is -2.39. The van der Waals surface area contributed by atoms with Crippen molar-refractivity contribution in [1.29, 1.82) is 0 Å². The molecule has 0 aliphatic heterocycles. The van der Waals surface area contributed by atoms with Gasteiger partial charge in [0.25, 0.3) is 0 Å². The zero-order valence-corrected chi connectivity index (χ0v) is 18.1. The van der Waals surface area contributed by atoms with Crippen molar-refractivity contribution in [2.45, 2.75) is 43.8 Å². The number of aryl methyl sites for hydroxylation is 1. The van der Waals surface area contributed by atoms with Gasteiger partial charge in [-0.15, -0.1) is 11.8 Å². The van der Waals surface area contributed by atoms with Gasteiger partial charge in [0.15, 0.2) is 11.8 Å². The van der Waals surface area contributed by atoms with Gasteiger partial charge >= 0.3 is 0 Å². The number of guanidine groups is 1. The number of halogens is 1. The van der Waals surface area contributed by atoms with Crippen LogP contribution in [0.4, 0.5) is 0 Å². The molecule has 0 bridgehead atoms. The highest BCUT2D eigenvalue weighted by molar-refractivity contribution is 9.10. The van der Waals surface area contributed by atoms with Gasteiger partial charge in [0.05, 0.1) is 6.54 Å². The van der Waals surface area contributed by atoms with Gasteiger partial charge in [0, 0.05) is 33.6 Å². The van der Waals surface area contributed by atoms with Crippen molar-refractivity contribution >= 4 is 33.7 Å². The van der Waals surface area contributed by atoms with Crippen LogP contribution in [-0.4, -0.2) is 40.5 Å². The van der Waals surface area contributed by atoms with E-state index in [4.69, 9.17) is 9.52 Å². The molecule has 1 aromatic heterocycles. The molecule has 26 heavy (non-hydrogen) atoms. The third-order valence-corrected chi connectivity index (χ3v) is 5.09. The maximum absolute atomic E-state index is 5.13. The molecule has 2 N–H and O–H groups in total. The van der Waals surface area contributed by atoms with Crippen LogP contribution in [0.5, 0.6) is 0 Å². The molecule has 0 fully saturated rings. The molecule has 0 saturated heterocycles. The standard InChI is InChI=1S/C18H26BrN5OS/c1-5-20-17(21-11-10-16-23-13(2)24-25-16)22-12-18(3,4)26-15-8-6-14(19)7-9-15/h6-9H,5,10-12H2,1-4H3,(H2,20,21,22). The van der Waals surface area contributed by atoms with Gasteiger partial charge in [-0.3, -0.25) is 4.99 Å². The molecular weight excluding hydrogens is 414 g/mol. The van der Waals surface area contributed by atoms with E-state index in [0.29, 0.717) is 31.2 Å². The minimum Gasteiger partial charge on any atom is -0.357 e. The molecule has 0 aliphatic carbocycles. The molecule has 8 heteroatoms. The highest BCUT2D eigenvalue weighted by Gasteiger charge is 2.19. The van der Waals surface area contributed by atoms with Crippen LogP contribution < -0.4 is 10.6 Å². The molecule has 0 amide bonds. The van der Waals surface area contributed by atoms with Crippen LogP contribution in [0, 0.1) is 6.92 Å². The van der Waals surface area contributed by atoms with Gasteiger partial charge in [-0.25, -0.2) is 0 Å². The summed E-state index contributed by atoms with van der Waals surface area (Å²) in [6.45, 7) is 10.5. The van der Waals surface area contributed by atoms with Crippen molar-refractivity contribution in [3.63, 3.8) is 0 Å². The molecule has 0 saturated carbocycles. The van der Waals surface area contributed by atoms with Crippen molar-refractivity contribution < 1.29 is 4.52 Å². The van der Waals surface area contributed by atoms with Crippen LogP contribution in [0.2, 0.25) is 0 Å². The fourth-order valence-electron chi connectivity index (χ4n) is 2.19. The molecule has 0 aliphatic rings. The van der Waals surface area contributed by atoms with Crippen LogP contribution in [-0.2, 0) is 6.42 Å². The monoisotopic (exact) mass is 439 g/mol. The predicted octanol–water partition coefficient (Wildman–Crippen LogP) is 3.81. The predicted molar refractivity (Wildman–Crippen MR) is 111 cm³/mol. The Morgan fingerprint density at radius 2 is 2.00 bits per heavy atom. The van der Waals surface area contributed by atoms with E-state index in [9.17, 15) is 0 Å². The van der Waals surface area contributed by atoms with Crippen molar-refractivity contribution in [3.8, 4) is 0 Å². The number of aromatic nitrogens is 2. The summed E-state index contributed by atoms with van der Waals surface area (Å²) in [6, 6.07) is 8.37. The van der Waals surface area contributed by atoms with E-state index >= 15 is 0 Å². The van der Waals surface area contributed by atoms with Crippen LogP contribution in [0.15, 0.2) is 43.1 Å². The van der Waals surface area contributed by atoms with E-state index in [0.717, 1.165) is 17.0 Å². The molecule has 0 spiro atoms. The van der Waals surface area contributed by atoms with E-state index in [1.807, 2.05) is 18.7 Å². The molecule has 0 atom stereocenters. The smallest absolute Gasteiger partial charge is 0.228 e. The summed E-state index contributed by atoms with van der Waals surface area (Å²) in [5.41, 5.74) is 0. The molecule has 2 rings (SSSR count). The van der Waals surface area contributed by atoms with E-state index in [1.165, 1.54) is 4.90 Å². The zero-order valence-electron chi connectivity index (χ0n) is 15.7. The second-order valence-corrected chi connectivity index (χ2v) is 9.12. The summed E-state index contributed by atoms with van der Waals surface area (Å²) in [5, 5.41) is 10.4. The van der Waals surface area contributed by atoms with E-state index in [1.54, 1.807) is 0 Å². The maximum atomic E-state index is 5.13. The largest absolute Gasteiger partial charge is 0.357 e. The van der Waals surface area contributed by atoms with Gasteiger partial charge in [-0.05, 0) is 52.0 Å². The van der Waals surface area contributed by atoms with Crippen molar-refractivity contribution in [3.05, 3.63) is 40.5 Å². The van der Waals surface area contributed by atoms with Crippen LogP contribution in [0.25, 0.3) is 0 Å². The Labute approximate surface area is 167 Å². The van der Waals surface area contributed by atoms with Gasteiger partial charge in [0.1, 0.15) is 0 Å². The van der Waals surface area contributed by atoms with Crippen molar-refractivity contribution in [1.82, 2.24) is 20.8 Å². The average molecular weight is 440 g/mol. The fraction of sp³-hybridized carbons (Fsp3) is 0.500. The number of hydrogen-bond donors (Lipinski definition) is 2. The minimum absolute atomic E-state index is 0.0141. The van der Waals surface area contributed by atoms with Gasteiger partial charge in [-0.2, -0.15) is 4.98 Å². The maximum Gasteiger partial charge on any atom is 0.228 e. The second-order valence-electron chi connectivity index (χ2n) is 6.42. The summed E-state index contributed by atoms with van der Waals surface area (Å²) in [7, 11) is 0. The summed E-state index contributed by atoms with van der Waals surface area (Å²) < 4.78 is 6.20. The topological polar surface area (TPSA) is 75.3 Å². The number of thioether (sulfide) groups is 1. The van der Waals surface area contributed by atoms with E-state index < -0.39 is 0 Å². The quantitative estimate of drug-likeness (QED) is 0.370. The third kappa shape index (κ3) is 7.37. The zero-order chi connectivity index (χ0) is 19.0. The Balaban J connectivity index is 1.88. The number of nitrogens with one attached hydrogen (secondary N) is 2. The number of aliphatic imine (C=N–C) groups is 1.